The minimum absolute atomic E-state index is 0.00971. The molecule has 2 aromatic heterocycles. The summed E-state index contributed by atoms with van der Waals surface area (Å²) in [7, 11) is 0. The zero-order valence-electron chi connectivity index (χ0n) is 19.7. The van der Waals surface area contributed by atoms with Crippen molar-refractivity contribution < 1.29 is 9.18 Å². The molecule has 4 aromatic rings. The molecule has 35 heavy (non-hydrogen) atoms. The van der Waals surface area contributed by atoms with Crippen LogP contribution in [0.1, 0.15) is 40.2 Å². The van der Waals surface area contributed by atoms with E-state index < -0.39 is 0 Å². The first-order chi connectivity index (χ1) is 17.2. The molecule has 0 unspecified atom stereocenters. The fourth-order valence-corrected chi connectivity index (χ4v) is 5.36. The Labute approximate surface area is 204 Å². The van der Waals surface area contributed by atoms with Crippen molar-refractivity contribution >= 4 is 16.8 Å². The Morgan fingerprint density at radius 1 is 0.914 bits per heavy atom. The van der Waals surface area contributed by atoms with Crippen LogP contribution < -0.4 is 0 Å². The summed E-state index contributed by atoms with van der Waals surface area (Å²) in [6, 6.07) is 16.7. The number of amides is 1. The van der Waals surface area contributed by atoms with E-state index in [1.807, 2.05) is 21.8 Å². The van der Waals surface area contributed by atoms with Gasteiger partial charge in [0.15, 0.2) is 5.69 Å². The van der Waals surface area contributed by atoms with Crippen LogP contribution in [0.3, 0.4) is 0 Å². The second-order valence-corrected chi connectivity index (χ2v) is 9.43. The number of pyridine rings is 1. The lowest BCUT2D eigenvalue weighted by Gasteiger charge is -2.34. The molecule has 0 atom stereocenters. The highest BCUT2D eigenvalue weighted by atomic mass is 19.1. The largest absolute Gasteiger partial charge is 0.335 e. The zero-order chi connectivity index (χ0) is 23.8. The molecule has 2 aromatic carbocycles. The van der Waals surface area contributed by atoms with E-state index in [0.717, 1.165) is 73.2 Å². The number of benzene rings is 2. The summed E-state index contributed by atoms with van der Waals surface area (Å²) in [5.74, 6) is -0.265. The van der Waals surface area contributed by atoms with Crippen molar-refractivity contribution in [2.75, 3.05) is 26.2 Å². The van der Waals surface area contributed by atoms with Gasteiger partial charge in [-0.1, -0.05) is 24.3 Å². The molecular weight excluding hydrogens is 441 g/mol. The predicted octanol–water partition coefficient (Wildman–Crippen LogP) is 4.40. The summed E-state index contributed by atoms with van der Waals surface area (Å²) in [4.78, 5) is 22.5. The first-order valence-corrected chi connectivity index (χ1v) is 12.4. The van der Waals surface area contributed by atoms with Crippen LogP contribution in [-0.2, 0) is 19.4 Å². The summed E-state index contributed by atoms with van der Waals surface area (Å²) in [5, 5.41) is 5.92. The first kappa shape index (κ1) is 21.9. The van der Waals surface area contributed by atoms with Gasteiger partial charge in [0, 0.05) is 55.6 Å². The molecule has 1 saturated heterocycles. The highest BCUT2D eigenvalue weighted by Gasteiger charge is 2.30. The Kier molecular flexibility index (Phi) is 5.78. The Bertz CT molecular complexity index is 1370. The number of hydrogen-bond donors (Lipinski definition) is 0. The molecule has 1 fully saturated rings. The van der Waals surface area contributed by atoms with Crippen molar-refractivity contribution in [3.8, 4) is 5.69 Å². The van der Waals surface area contributed by atoms with Crippen LogP contribution in [0.2, 0.25) is 0 Å². The molecule has 6 rings (SSSR count). The van der Waals surface area contributed by atoms with Crippen LogP contribution in [0.15, 0.2) is 60.8 Å². The second kappa shape index (κ2) is 9.23. The smallest absolute Gasteiger partial charge is 0.274 e. The van der Waals surface area contributed by atoms with Gasteiger partial charge in [-0.05, 0) is 61.6 Å². The van der Waals surface area contributed by atoms with Gasteiger partial charge >= 0.3 is 0 Å². The molecule has 1 amide bonds. The molecule has 0 bridgehead atoms. The molecule has 6 nitrogen and oxygen atoms in total. The maximum absolute atomic E-state index is 13.6. The average Bonchev–Trinajstić information content (AvgIpc) is 3.29. The number of fused-ring (bicyclic) bond motifs is 2. The Balaban J connectivity index is 1.19. The minimum Gasteiger partial charge on any atom is -0.335 e. The van der Waals surface area contributed by atoms with Gasteiger partial charge in [-0.15, -0.1) is 0 Å². The fourth-order valence-electron chi connectivity index (χ4n) is 5.36. The lowest BCUT2D eigenvalue weighted by molar-refractivity contribution is 0.0621. The Morgan fingerprint density at radius 2 is 1.69 bits per heavy atom. The number of rotatable bonds is 4. The number of carbonyl (C=O) groups excluding carboxylic acids is 1. The van der Waals surface area contributed by atoms with Crippen LogP contribution in [0, 0.1) is 5.82 Å². The van der Waals surface area contributed by atoms with Crippen molar-refractivity contribution in [3.05, 3.63) is 89.1 Å². The van der Waals surface area contributed by atoms with Crippen LogP contribution in [-0.4, -0.2) is 56.7 Å². The van der Waals surface area contributed by atoms with Crippen LogP contribution in [0.5, 0.6) is 0 Å². The van der Waals surface area contributed by atoms with Gasteiger partial charge in [0.1, 0.15) is 5.82 Å². The predicted molar refractivity (Wildman–Crippen MR) is 133 cm³/mol. The zero-order valence-corrected chi connectivity index (χ0v) is 19.7. The lowest BCUT2D eigenvalue weighted by Crippen LogP contribution is -2.48. The van der Waals surface area contributed by atoms with E-state index in [1.54, 1.807) is 12.1 Å². The van der Waals surface area contributed by atoms with Gasteiger partial charge in [-0.3, -0.25) is 14.7 Å². The average molecular weight is 470 g/mol. The molecule has 7 heteroatoms. The summed E-state index contributed by atoms with van der Waals surface area (Å²) in [6.45, 7) is 3.81. The number of piperazine rings is 1. The van der Waals surface area contributed by atoms with Crippen LogP contribution in [0.25, 0.3) is 16.6 Å². The Hall–Kier alpha value is -3.58. The lowest BCUT2D eigenvalue weighted by atomic mass is 9.95. The fraction of sp³-hybridized carbons (Fsp3) is 0.321. The molecule has 0 spiro atoms. The second-order valence-electron chi connectivity index (χ2n) is 9.43. The topological polar surface area (TPSA) is 54.3 Å². The number of carbonyl (C=O) groups is 1. The molecular formula is C28H28FN5O. The summed E-state index contributed by atoms with van der Waals surface area (Å²) in [5.41, 5.74) is 5.79. The third kappa shape index (κ3) is 4.21. The van der Waals surface area contributed by atoms with E-state index in [-0.39, 0.29) is 11.7 Å². The maximum atomic E-state index is 13.6. The van der Waals surface area contributed by atoms with Crippen molar-refractivity contribution in [1.29, 1.82) is 0 Å². The SMILES string of the molecule is O=C(c1nn(-c2ccc(F)cc2)c2c1CCCC2)N1CCN(Cc2cccc3cccnc23)CC1. The van der Waals surface area contributed by atoms with E-state index in [1.165, 1.54) is 17.7 Å². The van der Waals surface area contributed by atoms with Crippen molar-refractivity contribution in [1.82, 2.24) is 24.6 Å². The third-order valence-corrected chi connectivity index (χ3v) is 7.22. The Morgan fingerprint density at radius 3 is 2.51 bits per heavy atom. The number of nitrogens with zero attached hydrogens (tertiary/aromatic N) is 5. The van der Waals surface area contributed by atoms with Gasteiger partial charge in [-0.25, -0.2) is 9.07 Å². The molecule has 0 radical (unpaired) electrons. The van der Waals surface area contributed by atoms with Crippen LogP contribution in [0.4, 0.5) is 4.39 Å². The third-order valence-electron chi connectivity index (χ3n) is 7.22. The molecule has 1 aliphatic heterocycles. The van der Waals surface area contributed by atoms with Crippen LogP contribution >= 0.6 is 0 Å². The van der Waals surface area contributed by atoms with Gasteiger partial charge in [0.2, 0.25) is 0 Å². The summed E-state index contributed by atoms with van der Waals surface area (Å²) in [6.07, 6.45) is 5.74. The number of aromatic nitrogens is 3. The van der Waals surface area contributed by atoms with E-state index >= 15 is 0 Å². The van der Waals surface area contributed by atoms with Gasteiger partial charge in [-0.2, -0.15) is 5.10 Å². The van der Waals surface area contributed by atoms with E-state index in [0.29, 0.717) is 18.8 Å². The molecule has 0 saturated carbocycles. The monoisotopic (exact) mass is 469 g/mol. The summed E-state index contributed by atoms with van der Waals surface area (Å²) >= 11 is 0. The molecule has 2 aliphatic rings. The molecule has 3 heterocycles. The quantitative estimate of drug-likeness (QED) is 0.445. The van der Waals surface area contributed by atoms with Gasteiger partial charge in [0.25, 0.3) is 5.91 Å². The van der Waals surface area contributed by atoms with E-state index in [4.69, 9.17) is 5.10 Å². The van der Waals surface area contributed by atoms with Crippen molar-refractivity contribution in [3.63, 3.8) is 0 Å². The first-order valence-electron chi connectivity index (χ1n) is 12.4. The van der Waals surface area contributed by atoms with Crippen molar-refractivity contribution in [2.24, 2.45) is 0 Å². The number of para-hydroxylation sites is 1. The highest BCUT2D eigenvalue weighted by molar-refractivity contribution is 5.94. The van der Waals surface area contributed by atoms with Crippen molar-refractivity contribution in [2.45, 2.75) is 32.2 Å². The van der Waals surface area contributed by atoms with E-state index in [9.17, 15) is 9.18 Å². The highest BCUT2D eigenvalue weighted by Crippen LogP contribution is 2.28. The number of hydrogen-bond acceptors (Lipinski definition) is 4. The molecule has 1 aliphatic carbocycles. The molecule has 0 N–H and O–H groups in total. The van der Waals surface area contributed by atoms with Gasteiger partial charge in [0.05, 0.1) is 11.2 Å². The minimum atomic E-state index is -0.275. The normalized spacial score (nSPS) is 16.4. The number of halogens is 1. The summed E-state index contributed by atoms with van der Waals surface area (Å²) < 4.78 is 15.3. The standard InChI is InChI=1S/C28H28FN5O/c29-22-10-12-23(13-11-22)34-25-9-2-1-8-24(25)27(31-34)28(35)33-17-15-32(16-18-33)19-21-6-3-5-20-7-4-14-30-26(20)21/h3-7,10-14H,1-2,8-9,15-19H2. The molecule has 178 valence electrons. The van der Waals surface area contributed by atoms with Gasteiger partial charge < -0.3 is 4.90 Å². The maximum Gasteiger partial charge on any atom is 0.274 e. The van der Waals surface area contributed by atoms with E-state index in [2.05, 4.69) is 34.1 Å².